The molecule has 0 radical (unpaired) electrons. The Morgan fingerprint density at radius 3 is 1.69 bits per heavy atom. The van der Waals surface area contributed by atoms with E-state index in [1.807, 2.05) is 18.2 Å². The van der Waals surface area contributed by atoms with Crippen LogP contribution in [-0.4, -0.2) is 35.3 Å². The third-order valence-electron chi connectivity index (χ3n) is 4.20. The van der Waals surface area contributed by atoms with E-state index >= 15 is 0 Å². The summed E-state index contributed by atoms with van der Waals surface area (Å²) < 4.78 is 5.34. The quantitative estimate of drug-likeness (QED) is 0.265. The van der Waals surface area contributed by atoms with Crippen LogP contribution >= 0.6 is 11.6 Å². The van der Waals surface area contributed by atoms with Gasteiger partial charge >= 0.3 is 0 Å². The van der Waals surface area contributed by atoms with Crippen LogP contribution in [0.1, 0.15) is 84.0 Å². The van der Waals surface area contributed by atoms with E-state index in [2.05, 4.69) is 11.9 Å². The van der Waals surface area contributed by atoms with Gasteiger partial charge < -0.3 is 9.84 Å². The number of hydrogen-bond acceptors (Lipinski definition) is 3. The monoisotopic (exact) mass is 385 g/mol. The lowest BCUT2D eigenvalue weighted by Gasteiger charge is -2.07. The van der Waals surface area contributed by atoms with Crippen LogP contribution in [0.3, 0.4) is 0 Å². The summed E-state index contributed by atoms with van der Waals surface area (Å²) in [5.41, 5.74) is 0. The average molecular weight is 386 g/mol. The summed E-state index contributed by atoms with van der Waals surface area (Å²) in [6.45, 7) is 3.40. The molecule has 0 aliphatic carbocycles. The minimum atomic E-state index is -0.506. The van der Waals surface area contributed by atoms with Crippen molar-refractivity contribution in [3.05, 3.63) is 30.6 Å². The number of ether oxygens (including phenoxy) is 1. The van der Waals surface area contributed by atoms with Crippen LogP contribution in [0.2, 0.25) is 0 Å². The van der Waals surface area contributed by atoms with Gasteiger partial charge in [0, 0.05) is 19.0 Å². The summed E-state index contributed by atoms with van der Waals surface area (Å²) in [4.78, 5) is 3.78. The Kier molecular flexibility index (Phi) is 21.8. The van der Waals surface area contributed by atoms with Gasteiger partial charge in [0.05, 0.1) is 18.6 Å². The van der Waals surface area contributed by atoms with Gasteiger partial charge in [0.2, 0.25) is 0 Å². The minimum absolute atomic E-state index is 0.262. The molecule has 0 bridgehead atoms. The molecule has 0 amide bonds. The Labute approximate surface area is 166 Å². The van der Waals surface area contributed by atoms with Crippen LogP contribution < -0.4 is 0 Å². The van der Waals surface area contributed by atoms with Gasteiger partial charge in [0.25, 0.3) is 0 Å². The third kappa shape index (κ3) is 21.4. The van der Waals surface area contributed by atoms with Gasteiger partial charge in [-0.15, -0.1) is 11.6 Å². The highest BCUT2D eigenvalue weighted by atomic mass is 35.5. The molecule has 4 heteroatoms. The summed E-state index contributed by atoms with van der Waals surface area (Å²) >= 11 is 5.48. The van der Waals surface area contributed by atoms with Gasteiger partial charge in [-0.05, 0) is 18.6 Å². The predicted molar refractivity (Wildman–Crippen MR) is 113 cm³/mol. The minimum Gasteiger partial charge on any atom is -0.389 e. The van der Waals surface area contributed by atoms with Gasteiger partial charge in [-0.3, -0.25) is 4.98 Å². The van der Waals surface area contributed by atoms with Crippen LogP contribution in [-0.2, 0) is 4.74 Å². The predicted octanol–water partition coefficient (Wildman–Crippen LogP) is 6.39. The van der Waals surface area contributed by atoms with E-state index < -0.39 is 6.10 Å². The Balaban J connectivity index is 0.000000867. The zero-order valence-corrected chi connectivity index (χ0v) is 17.5. The first kappa shape index (κ1) is 25.4. The second-order valence-corrected chi connectivity index (χ2v) is 7.11. The fourth-order valence-corrected chi connectivity index (χ4v) is 2.71. The molecule has 0 spiro atoms. The highest BCUT2D eigenvalue weighted by Crippen LogP contribution is 2.11. The first-order chi connectivity index (χ1) is 12.8. The lowest BCUT2D eigenvalue weighted by molar-refractivity contribution is 0.0461. The molecule has 1 heterocycles. The van der Waals surface area contributed by atoms with Gasteiger partial charge in [0.15, 0.2) is 0 Å². The van der Waals surface area contributed by atoms with E-state index in [4.69, 9.17) is 16.3 Å². The standard InChI is InChI=1S/C17H35ClO2.C5H5N/c1-2-3-4-5-6-7-8-9-10-11-12-13-14-20-16-17(19)15-18;1-2-4-6-5-3-1/h17,19H,2-16H2,1H3;1-5H. The largest absolute Gasteiger partial charge is 0.389 e. The van der Waals surface area contributed by atoms with Crippen LogP contribution in [0.4, 0.5) is 0 Å². The number of aliphatic hydroxyl groups excluding tert-OH is 1. The zero-order valence-electron chi connectivity index (χ0n) is 16.8. The number of unbranched alkanes of at least 4 members (excludes halogenated alkanes) is 11. The third-order valence-corrected chi connectivity index (χ3v) is 4.55. The summed E-state index contributed by atoms with van der Waals surface area (Å²) in [5, 5.41) is 9.19. The molecule has 0 fully saturated rings. The van der Waals surface area contributed by atoms with Crippen molar-refractivity contribution in [3.8, 4) is 0 Å². The fraction of sp³-hybridized carbons (Fsp3) is 0.773. The molecule has 152 valence electrons. The van der Waals surface area contributed by atoms with E-state index in [1.54, 1.807) is 12.4 Å². The average Bonchev–Trinajstić information content (AvgIpc) is 2.70. The molecule has 0 saturated carbocycles. The fourth-order valence-electron chi connectivity index (χ4n) is 2.62. The van der Waals surface area contributed by atoms with Crippen molar-refractivity contribution in [2.75, 3.05) is 19.1 Å². The normalized spacial score (nSPS) is 11.7. The molecular formula is C22H40ClNO2. The smallest absolute Gasteiger partial charge is 0.0908 e. The van der Waals surface area contributed by atoms with Gasteiger partial charge in [-0.2, -0.15) is 0 Å². The van der Waals surface area contributed by atoms with Crippen LogP contribution in [0.25, 0.3) is 0 Å². The molecule has 0 aliphatic heterocycles. The molecule has 1 atom stereocenters. The van der Waals surface area contributed by atoms with E-state index in [9.17, 15) is 5.11 Å². The SMILES string of the molecule is CCCCCCCCCCCCCCOCC(O)CCl.c1ccncc1. The molecular weight excluding hydrogens is 346 g/mol. The van der Waals surface area contributed by atoms with Crippen molar-refractivity contribution in [1.82, 2.24) is 4.98 Å². The first-order valence-electron chi connectivity index (χ1n) is 10.5. The van der Waals surface area contributed by atoms with Crippen molar-refractivity contribution >= 4 is 11.6 Å². The molecule has 0 aliphatic rings. The number of nitrogens with zero attached hydrogens (tertiary/aromatic N) is 1. The van der Waals surface area contributed by atoms with Crippen molar-refractivity contribution < 1.29 is 9.84 Å². The van der Waals surface area contributed by atoms with Crippen LogP contribution in [0, 0.1) is 0 Å². The zero-order chi connectivity index (χ0) is 19.1. The molecule has 1 N–H and O–H groups in total. The van der Waals surface area contributed by atoms with Gasteiger partial charge in [-0.25, -0.2) is 0 Å². The number of aliphatic hydroxyl groups is 1. The summed E-state index contributed by atoms with van der Waals surface area (Å²) in [5.74, 6) is 0.262. The highest BCUT2D eigenvalue weighted by Gasteiger charge is 2.00. The number of pyridine rings is 1. The molecule has 1 aromatic heterocycles. The highest BCUT2D eigenvalue weighted by molar-refractivity contribution is 6.18. The van der Waals surface area contributed by atoms with E-state index in [1.165, 1.54) is 70.6 Å². The number of alkyl halides is 1. The lowest BCUT2D eigenvalue weighted by atomic mass is 10.1. The number of aromatic nitrogens is 1. The Morgan fingerprint density at radius 1 is 0.808 bits per heavy atom. The summed E-state index contributed by atoms with van der Waals surface area (Å²) in [6.07, 6.45) is 19.3. The first-order valence-corrected chi connectivity index (χ1v) is 11.0. The molecule has 1 aromatic rings. The van der Waals surface area contributed by atoms with Gasteiger partial charge in [-0.1, -0.05) is 83.6 Å². The lowest BCUT2D eigenvalue weighted by Crippen LogP contribution is -2.17. The number of rotatable bonds is 16. The molecule has 1 unspecified atom stereocenters. The maximum atomic E-state index is 9.19. The van der Waals surface area contributed by atoms with Crippen molar-refractivity contribution in [3.63, 3.8) is 0 Å². The second kappa shape index (κ2) is 22.4. The Morgan fingerprint density at radius 2 is 1.31 bits per heavy atom. The van der Waals surface area contributed by atoms with Crippen molar-refractivity contribution in [2.45, 2.75) is 90.1 Å². The van der Waals surface area contributed by atoms with Crippen molar-refractivity contribution in [1.29, 1.82) is 0 Å². The topological polar surface area (TPSA) is 42.4 Å². The van der Waals surface area contributed by atoms with Crippen LogP contribution in [0.15, 0.2) is 30.6 Å². The number of halogens is 1. The maximum Gasteiger partial charge on any atom is 0.0908 e. The molecule has 26 heavy (non-hydrogen) atoms. The van der Waals surface area contributed by atoms with E-state index in [-0.39, 0.29) is 5.88 Å². The Bertz CT molecular complexity index is 325. The second-order valence-electron chi connectivity index (χ2n) is 6.80. The molecule has 0 saturated heterocycles. The molecule has 3 nitrogen and oxygen atoms in total. The van der Waals surface area contributed by atoms with E-state index in [0.717, 1.165) is 13.0 Å². The summed E-state index contributed by atoms with van der Waals surface area (Å²) in [7, 11) is 0. The molecule has 0 aromatic carbocycles. The van der Waals surface area contributed by atoms with Crippen LogP contribution in [0.5, 0.6) is 0 Å². The van der Waals surface area contributed by atoms with Crippen molar-refractivity contribution in [2.24, 2.45) is 0 Å². The van der Waals surface area contributed by atoms with Gasteiger partial charge in [0.1, 0.15) is 0 Å². The number of hydrogen-bond donors (Lipinski definition) is 1. The Hall–Kier alpha value is -0.640. The van der Waals surface area contributed by atoms with E-state index in [0.29, 0.717) is 6.61 Å². The summed E-state index contributed by atoms with van der Waals surface area (Å²) in [6, 6.07) is 5.72. The maximum absolute atomic E-state index is 9.19. The molecule has 1 rings (SSSR count).